The number of ether oxygens (including phenoxy) is 1. The van der Waals surface area contributed by atoms with Gasteiger partial charge in [-0.25, -0.2) is 0 Å². The largest absolute Gasteiger partial charge is 0.378 e. The lowest BCUT2D eigenvalue weighted by Gasteiger charge is -2.42. The van der Waals surface area contributed by atoms with Crippen molar-refractivity contribution in [2.24, 2.45) is 17.8 Å². The predicted molar refractivity (Wildman–Crippen MR) is 77.7 cm³/mol. The van der Waals surface area contributed by atoms with Crippen molar-refractivity contribution in [3.05, 3.63) is 0 Å². The third kappa shape index (κ3) is 3.98. The zero-order chi connectivity index (χ0) is 12.8. The summed E-state index contributed by atoms with van der Waals surface area (Å²) in [5.41, 5.74) is 0. The van der Waals surface area contributed by atoms with Crippen LogP contribution in [0.5, 0.6) is 0 Å². The van der Waals surface area contributed by atoms with Crippen LogP contribution >= 0.6 is 0 Å². The second-order valence-electron chi connectivity index (χ2n) is 6.59. The average molecular weight is 252 g/mol. The van der Waals surface area contributed by atoms with Crippen molar-refractivity contribution in [1.29, 1.82) is 0 Å². The van der Waals surface area contributed by atoms with Gasteiger partial charge in [0.1, 0.15) is 0 Å². The lowest BCUT2D eigenvalue weighted by Crippen LogP contribution is -2.34. The molecule has 4 unspecified atom stereocenters. The Kier molecular flexibility index (Phi) is 6.01. The molecule has 0 heterocycles. The highest BCUT2D eigenvalue weighted by Crippen LogP contribution is 2.44. The zero-order valence-corrected chi connectivity index (χ0v) is 12.5. The molecule has 0 aromatic carbocycles. The van der Waals surface area contributed by atoms with E-state index < -0.39 is 0 Å². The first kappa shape index (κ1) is 14.4. The molecule has 0 amide bonds. The summed E-state index contributed by atoms with van der Waals surface area (Å²) >= 11 is 0. The molecule has 0 aliphatic heterocycles. The van der Waals surface area contributed by atoms with E-state index in [-0.39, 0.29) is 0 Å². The van der Waals surface area contributed by atoms with E-state index in [1.165, 1.54) is 64.2 Å². The summed E-state index contributed by atoms with van der Waals surface area (Å²) in [6, 6.07) is 0. The fourth-order valence-electron chi connectivity index (χ4n) is 4.28. The highest BCUT2D eigenvalue weighted by Gasteiger charge is 2.35. The van der Waals surface area contributed by atoms with Gasteiger partial charge < -0.3 is 4.74 Å². The molecule has 2 aliphatic carbocycles. The first-order chi connectivity index (χ1) is 8.83. The Morgan fingerprint density at radius 3 is 2.44 bits per heavy atom. The molecule has 0 N–H and O–H groups in total. The van der Waals surface area contributed by atoms with Crippen LogP contribution < -0.4 is 0 Å². The molecule has 0 aromatic heterocycles. The third-order valence-electron chi connectivity index (χ3n) is 5.29. The average Bonchev–Trinajstić information content (AvgIpc) is 2.39. The van der Waals surface area contributed by atoms with Gasteiger partial charge in [0.2, 0.25) is 0 Å². The Bertz CT molecular complexity index is 226. The maximum atomic E-state index is 5.84. The molecule has 1 nitrogen and oxygen atoms in total. The molecular formula is C17H32O. The fraction of sp³-hybridized carbons (Fsp3) is 1.00. The van der Waals surface area contributed by atoms with Crippen LogP contribution in [0.2, 0.25) is 0 Å². The topological polar surface area (TPSA) is 9.23 Å². The number of hydrogen-bond acceptors (Lipinski definition) is 1. The van der Waals surface area contributed by atoms with Gasteiger partial charge in [-0.2, -0.15) is 0 Å². The first-order valence-corrected chi connectivity index (χ1v) is 8.45. The summed E-state index contributed by atoms with van der Waals surface area (Å²) in [6.07, 6.45) is 15.0. The third-order valence-corrected chi connectivity index (χ3v) is 5.29. The van der Waals surface area contributed by atoms with Crippen molar-refractivity contribution in [3.63, 3.8) is 0 Å². The van der Waals surface area contributed by atoms with Crippen LogP contribution in [0.1, 0.15) is 78.1 Å². The van der Waals surface area contributed by atoms with Gasteiger partial charge in [0.25, 0.3) is 0 Å². The van der Waals surface area contributed by atoms with E-state index in [2.05, 4.69) is 13.8 Å². The maximum Gasteiger partial charge on any atom is 0.0577 e. The van der Waals surface area contributed by atoms with E-state index in [1.54, 1.807) is 0 Å². The van der Waals surface area contributed by atoms with Crippen molar-refractivity contribution in [3.8, 4) is 0 Å². The first-order valence-electron chi connectivity index (χ1n) is 8.45. The lowest BCUT2D eigenvalue weighted by molar-refractivity contribution is -0.0147. The van der Waals surface area contributed by atoms with E-state index in [1.807, 2.05) is 0 Å². The van der Waals surface area contributed by atoms with Crippen molar-refractivity contribution in [2.75, 3.05) is 6.61 Å². The quantitative estimate of drug-likeness (QED) is 0.591. The molecule has 0 bridgehead atoms. The monoisotopic (exact) mass is 252 g/mol. The second kappa shape index (κ2) is 7.53. The van der Waals surface area contributed by atoms with E-state index in [4.69, 9.17) is 4.74 Å². The molecule has 2 fully saturated rings. The van der Waals surface area contributed by atoms with Gasteiger partial charge in [-0.1, -0.05) is 39.0 Å². The number of fused-ring (bicyclic) bond motifs is 1. The van der Waals surface area contributed by atoms with Gasteiger partial charge in [0.15, 0.2) is 0 Å². The van der Waals surface area contributed by atoms with Crippen molar-refractivity contribution in [2.45, 2.75) is 84.2 Å². The van der Waals surface area contributed by atoms with Crippen LogP contribution in [0, 0.1) is 17.8 Å². The molecule has 18 heavy (non-hydrogen) atoms. The molecule has 2 rings (SSSR count). The van der Waals surface area contributed by atoms with Crippen molar-refractivity contribution in [1.82, 2.24) is 0 Å². The van der Waals surface area contributed by atoms with Crippen LogP contribution in [-0.4, -0.2) is 12.7 Å². The predicted octanol–water partition coefficient (Wildman–Crippen LogP) is 5.19. The van der Waals surface area contributed by atoms with E-state index in [0.717, 1.165) is 24.4 Å². The molecule has 4 atom stereocenters. The van der Waals surface area contributed by atoms with Gasteiger partial charge in [-0.3, -0.25) is 0 Å². The molecule has 1 heteroatoms. The summed E-state index contributed by atoms with van der Waals surface area (Å²) < 4.78 is 5.84. The van der Waals surface area contributed by atoms with Crippen molar-refractivity contribution < 1.29 is 4.74 Å². The number of hydrogen-bond donors (Lipinski definition) is 0. The van der Waals surface area contributed by atoms with Gasteiger partial charge in [-0.05, 0) is 56.8 Å². The molecule has 0 radical (unpaired) electrons. The van der Waals surface area contributed by atoms with Gasteiger partial charge >= 0.3 is 0 Å². The van der Waals surface area contributed by atoms with E-state index >= 15 is 0 Å². The molecule has 106 valence electrons. The Morgan fingerprint density at radius 1 is 0.889 bits per heavy atom. The van der Waals surface area contributed by atoms with Crippen LogP contribution in [0.15, 0.2) is 0 Å². The minimum absolute atomic E-state index is 0.591. The SMILES string of the molecule is CCCCCC1CCC2CC(OCC)CCC2C1. The van der Waals surface area contributed by atoms with Gasteiger partial charge in [0.05, 0.1) is 6.10 Å². The molecule has 2 saturated carbocycles. The standard InChI is InChI=1S/C17H32O/c1-3-5-6-7-14-8-9-16-13-17(18-4-2)11-10-15(16)12-14/h14-17H,3-13H2,1-2H3. The Hall–Kier alpha value is -0.0400. The zero-order valence-electron chi connectivity index (χ0n) is 12.5. The van der Waals surface area contributed by atoms with Gasteiger partial charge in [0, 0.05) is 6.61 Å². The maximum absolute atomic E-state index is 5.84. The summed E-state index contributed by atoms with van der Waals surface area (Å²) in [5, 5.41) is 0. The summed E-state index contributed by atoms with van der Waals surface area (Å²) in [4.78, 5) is 0. The summed E-state index contributed by atoms with van der Waals surface area (Å²) in [5.74, 6) is 3.10. The van der Waals surface area contributed by atoms with Crippen LogP contribution in [0.4, 0.5) is 0 Å². The highest BCUT2D eigenvalue weighted by molar-refractivity contribution is 4.86. The molecule has 0 saturated heterocycles. The molecule has 2 aliphatic rings. The number of rotatable bonds is 6. The van der Waals surface area contributed by atoms with Crippen LogP contribution in [0.25, 0.3) is 0 Å². The van der Waals surface area contributed by atoms with E-state index in [0.29, 0.717) is 6.10 Å². The summed E-state index contributed by atoms with van der Waals surface area (Å²) in [7, 11) is 0. The fourth-order valence-corrected chi connectivity index (χ4v) is 4.28. The lowest BCUT2D eigenvalue weighted by atomic mass is 9.66. The smallest absolute Gasteiger partial charge is 0.0577 e. The van der Waals surface area contributed by atoms with Crippen LogP contribution in [0.3, 0.4) is 0 Å². The second-order valence-corrected chi connectivity index (χ2v) is 6.59. The highest BCUT2D eigenvalue weighted by atomic mass is 16.5. The van der Waals surface area contributed by atoms with Crippen molar-refractivity contribution >= 4 is 0 Å². The Morgan fingerprint density at radius 2 is 1.67 bits per heavy atom. The molecular weight excluding hydrogens is 220 g/mol. The van der Waals surface area contributed by atoms with E-state index in [9.17, 15) is 0 Å². The summed E-state index contributed by atoms with van der Waals surface area (Å²) in [6.45, 7) is 5.35. The van der Waals surface area contributed by atoms with Crippen LogP contribution in [-0.2, 0) is 4.74 Å². The Labute approximate surface area is 114 Å². The molecule has 0 aromatic rings. The minimum Gasteiger partial charge on any atom is -0.378 e. The normalized spacial score (nSPS) is 36.3. The molecule has 0 spiro atoms. The Balaban J connectivity index is 1.71. The minimum atomic E-state index is 0.591. The number of unbranched alkanes of at least 4 members (excludes halogenated alkanes) is 2. The van der Waals surface area contributed by atoms with Gasteiger partial charge in [-0.15, -0.1) is 0 Å².